The van der Waals surface area contributed by atoms with E-state index in [1.54, 1.807) is 18.2 Å². The zero-order valence-electron chi connectivity index (χ0n) is 6.62. The van der Waals surface area contributed by atoms with Crippen molar-refractivity contribution < 1.29 is 4.74 Å². The molecule has 0 radical (unpaired) electrons. The van der Waals surface area contributed by atoms with Gasteiger partial charge in [0, 0.05) is 12.1 Å². The maximum absolute atomic E-state index is 8.65. The van der Waals surface area contributed by atoms with Gasteiger partial charge in [-0.05, 0) is 17.7 Å². The van der Waals surface area contributed by atoms with Crippen LogP contribution in [0.5, 0.6) is 0 Å². The highest BCUT2D eigenvalue weighted by Gasteiger charge is 2.07. The van der Waals surface area contributed by atoms with Crippen LogP contribution < -0.4 is 0 Å². The van der Waals surface area contributed by atoms with Crippen LogP contribution in [-0.2, 0) is 4.74 Å². The summed E-state index contributed by atoms with van der Waals surface area (Å²) in [7, 11) is 1.49. The van der Waals surface area contributed by atoms with Gasteiger partial charge in [0.1, 0.15) is 0 Å². The number of hydrogen-bond acceptors (Lipinski definition) is 2. The van der Waals surface area contributed by atoms with Crippen molar-refractivity contribution in [2.24, 2.45) is 0 Å². The molecule has 0 amide bonds. The Hall–Kier alpha value is -1.04. The lowest BCUT2D eigenvalue weighted by Crippen LogP contribution is -1.97. The Balaban J connectivity index is 2.95. The molecule has 0 bridgehead atoms. The molecule has 1 rings (SSSR count). The van der Waals surface area contributed by atoms with E-state index in [9.17, 15) is 0 Å². The van der Waals surface area contributed by atoms with Crippen molar-refractivity contribution in [3.63, 3.8) is 0 Å². The van der Waals surface area contributed by atoms with Crippen LogP contribution in [0.4, 0.5) is 0 Å². The van der Waals surface area contributed by atoms with Crippen molar-refractivity contribution in [1.82, 2.24) is 0 Å². The average molecular weight is 182 g/mol. The fourth-order valence-electron chi connectivity index (χ4n) is 0.933. The Morgan fingerprint density at radius 3 is 2.83 bits per heavy atom. The van der Waals surface area contributed by atoms with Crippen LogP contribution in [-0.4, -0.2) is 7.11 Å². The molecular weight excluding hydrogens is 174 g/mol. The molecule has 1 aromatic carbocycles. The number of hydrogen-bond donors (Lipinski definition) is 0. The summed E-state index contributed by atoms with van der Waals surface area (Å²) in [6.45, 7) is 0. The molecule has 0 fully saturated rings. The second-order valence-electron chi connectivity index (χ2n) is 2.30. The quantitative estimate of drug-likeness (QED) is 0.703. The van der Waals surface area contributed by atoms with Crippen LogP contribution in [0.3, 0.4) is 0 Å². The van der Waals surface area contributed by atoms with Gasteiger partial charge in [-0.15, -0.1) is 0 Å². The van der Waals surface area contributed by atoms with Crippen molar-refractivity contribution in [1.29, 1.82) is 5.26 Å². The smallest absolute Gasteiger partial charge is 0.168 e. The first kappa shape index (κ1) is 9.05. The van der Waals surface area contributed by atoms with E-state index in [0.717, 1.165) is 5.56 Å². The van der Waals surface area contributed by atoms with Gasteiger partial charge < -0.3 is 4.74 Å². The molecular formula is C9H8ClNO. The van der Waals surface area contributed by atoms with Crippen molar-refractivity contribution >= 4 is 11.6 Å². The molecule has 0 saturated carbocycles. The first-order chi connectivity index (χ1) is 5.77. The third-order valence-electron chi connectivity index (χ3n) is 1.50. The minimum atomic E-state index is -0.524. The maximum Gasteiger partial charge on any atom is 0.168 e. The molecule has 0 N–H and O–H groups in total. The summed E-state index contributed by atoms with van der Waals surface area (Å²) in [6, 6.07) is 9.10. The van der Waals surface area contributed by atoms with Crippen molar-refractivity contribution in [3.8, 4) is 6.07 Å². The van der Waals surface area contributed by atoms with Crippen LogP contribution in [0.2, 0.25) is 5.02 Å². The highest BCUT2D eigenvalue weighted by Crippen LogP contribution is 2.19. The Kier molecular flexibility index (Phi) is 3.09. The van der Waals surface area contributed by atoms with E-state index in [-0.39, 0.29) is 0 Å². The second kappa shape index (κ2) is 4.10. The molecule has 1 aromatic rings. The first-order valence-electron chi connectivity index (χ1n) is 3.46. The number of benzene rings is 1. The summed E-state index contributed by atoms with van der Waals surface area (Å²) >= 11 is 5.74. The van der Waals surface area contributed by atoms with Crippen molar-refractivity contribution in [2.45, 2.75) is 6.10 Å². The van der Waals surface area contributed by atoms with Gasteiger partial charge >= 0.3 is 0 Å². The molecule has 12 heavy (non-hydrogen) atoms. The van der Waals surface area contributed by atoms with E-state index in [4.69, 9.17) is 21.6 Å². The molecule has 0 aliphatic rings. The molecule has 62 valence electrons. The lowest BCUT2D eigenvalue weighted by Gasteiger charge is -2.06. The molecule has 2 nitrogen and oxygen atoms in total. The summed E-state index contributed by atoms with van der Waals surface area (Å²) in [6.07, 6.45) is -0.524. The van der Waals surface area contributed by atoms with Gasteiger partial charge in [0.2, 0.25) is 0 Å². The molecule has 0 aromatic heterocycles. The Bertz CT molecular complexity index is 306. The summed E-state index contributed by atoms with van der Waals surface area (Å²) in [5.74, 6) is 0. The maximum atomic E-state index is 8.65. The van der Waals surface area contributed by atoms with Gasteiger partial charge in [-0.25, -0.2) is 0 Å². The minimum Gasteiger partial charge on any atom is -0.362 e. The third-order valence-corrected chi connectivity index (χ3v) is 1.74. The Labute approximate surface area is 76.3 Å². The number of methoxy groups -OCH3 is 1. The largest absolute Gasteiger partial charge is 0.362 e. The third kappa shape index (κ3) is 1.97. The molecule has 0 spiro atoms. The van der Waals surface area contributed by atoms with E-state index < -0.39 is 6.10 Å². The number of nitriles is 1. The Morgan fingerprint density at radius 2 is 2.33 bits per heavy atom. The highest BCUT2D eigenvalue weighted by atomic mass is 35.5. The summed E-state index contributed by atoms with van der Waals surface area (Å²) in [5, 5.41) is 9.27. The first-order valence-corrected chi connectivity index (χ1v) is 3.83. The van der Waals surface area contributed by atoms with E-state index in [0.29, 0.717) is 5.02 Å². The lowest BCUT2D eigenvalue weighted by atomic mass is 10.1. The fraction of sp³-hybridized carbons (Fsp3) is 0.222. The topological polar surface area (TPSA) is 33.0 Å². The van der Waals surface area contributed by atoms with E-state index in [1.807, 2.05) is 12.1 Å². The van der Waals surface area contributed by atoms with Crippen LogP contribution >= 0.6 is 11.6 Å². The summed E-state index contributed by atoms with van der Waals surface area (Å²) in [4.78, 5) is 0. The predicted octanol–water partition coefficient (Wildman–Crippen LogP) is 2.55. The summed E-state index contributed by atoms with van der Waals surface area (Å²) < 4.78 is 4.92. The SMILES string of the molecule is CO[C@H](C#N)c1cccc(Cl)c1. The van der Waals surface area contributed by atoms with Gasteiger partial charge in [-0.3, -0.25) is 0 Å². The van der Waals surface area contributed by atoms with Crippen molar-refractivity contribution in [3.05, 3.63) is 34.9 Å². The Morgan fingerprint density at radius 1 is 1.58 bits per heavy atom. The molecule has 0 unspecified atom stereocenters. The monoisotopic (exact) mass is 181 g/mol. The molecule has 0 saturated heterocycles. The van der Waals surface area contributed by atoms with Gasteiger partial charge in [-0.1, -0.05) is 23.7 Å². The van der Waals surface area contributed by atoms with Gasteiger partial charge in [0.05, 0.1) is 6.07 Å². The normalized spacial score (nSPS) is 12.1. The lowest BCUT2D eigenvalue weighted by molar-refractivity contribution is 0.148. The zero-order valence-corrected chi connectivity index (χ0v) is 7.38. The van der Waals surface area contributed by atoms with Crippen LogP contribution in [0.15, 0.2) is 24.3 Å². The van der Waals surface area contributed by atoms with E-state index in [2.05, 4.69) is 0 Å². The van der Waals surface area contributed by atoms with Gasteiger partial charge in [-0.2, -0.15) is 5.26 Å². The van der Waals surface area contributed by atoms with Crippen LogP contribution in [0, 0.1) is 11.3 Å². The number of ether oxygens (including phenoxy) is 1. The van der Waals surface area contributed by atoms with Gasteiger partial charge in [0.15, 0.2) is 6.10 Å². The van der Waals surface area contributed by atoms with Crippen LogP contribution in [0.25, 0.3) is 0 Å². The number of rotatable bonds is 2. The standard InChI is InChI=1S/C9H8ClNO/c1-12-9(6-11)7-3-2-4-8(10)5-7/h2-5,9H,1H3/t9-/m1/s1. The highest BCUT2D eigenvalue weighted by molar-refractivity contribution is 6.30. The van der Waals surface area contributed by atoms with Crippen molar-refractivity contribution in [2.75, 3.05) is 7.11 Å². The number of nitrogens with zero attached hydrogens (tertiary/aromatic N) is 1. The summed E-state index contributed by atoms with van der Waals surface area (Å²) in [5.41, 5.74) is 0.785. The molecule has 0 aliphatic heterocycles. The minimum absolute atomic E-state index is 0.524. The molecule has 1 atom stereocenters. The zero-order chi connectivity index (χ0) is 8.97. The molecule has 0 heterocycles. The van der Waals surface area contributed by atoms with Crippen LogP contribution in [0.1, 0.15) is 11.7 Å². The van der Waals surface area contributed by atoms with E-state index >= 15 is 0 Å². The average Bonchev–Trinajstić information content (AvgIpc) is 2.07. The fourth-order valence-corrected chi connectivity index (χ4v) is 1.13. The second-order valence-corrected chi connectivity index (χ2v) is 2.74. The van der Waals surface area contributed by atoms with E-state index in [1.165, 1.54) is 7.11 Å². The predicted molar refractivity (Wildman–Crippen MR) is 46.8 cm³/mol. The number of halogens is 1. The van der Waals surface area contributed by atoms with Gasteiger partial charge in [0.25, 0.3) is 0 Å². The molecule has 3 heteroatoms. The molecule has 0 aliphatic carbocycles.